The maximum atomic E-state index is 10.8. The molecule has 0 saturated heterocycles. The molecule has 0 unspecified atom stereocenters. The average Bonchev–Trinajstić information content (AvgIpc) is 2.00. The molecule has 3 heteroatoms. The monoisotopic (exact) mass is 168 g/mol. The van der Waals surface area contributed by atoms with Gasteiger partial charge in [-0.1, -0.05) is 12.7 Å². The van der Waals surface area contributed by atoms with Crippen molar-refractivity contribution in [2.45, 2.75) is 19.8 Å². The van der Waals surface area contributed by atoms with Gasteiger partial charge in [0, 0.05) is 12.0 Å². The molecule has 0 N–H and O–H groups in total. The molecular formula is C9H12O3. The highest BCUT2D eigenvalue weighted by Crippen LogP contribution is 1.97. The van der Waals surface area contributed by atoms with E-state index in [9.17, 15) is 9.59 Å². The molecule has 12 heavy (non-hydrogen) atoms. The van der Waals surface area contributed by atoms with Gasteiger partial charge in [0.2, 0.25) is 0 Å². The van der Waals surface area contributed by atoms with Crippen LogP contribution < -0.4 is 0 Å². The minimum absolute atomic E-state index is 0.183. The van der Waals surface area contributed by atoms with Crippen LogP contribution in [-0.4, -0.2) is 11.9 Å². The standard InChI is InChI=1S/C9H12O3/c1-4-5-6-8(10)12-9(11)7(2)3/h4H,1-2,5-6H2,3H3. The lowest BCUT2D eigenvalue weighted by Crippen LogP contribution is -2.11. The fraction of sp³-hybridized carbons (Fsp3) is 0.333. The van der Waals surface area contributed by atoms with E-state index in [4.69, 9.17) is 0 Å². The van der Waals surface area contributed by atoms with E-state index in [0.29, 0.717) is 6.42 Å². The summed E-state index contributed by atoms with van der Waals surface area (Å²) in [5.41, 5.74) is 0.224. The maximum Gasteiger partial charge on any atom is 0.340 e. The van der Waals surface area contributed by atoms with Crippen molar-refractivity contribution >= 4 is 11.9 Å². The summed E-state index contributed by atoms with van der Waals surface area (Å²) >= 11 is 0. The smallest absolute Gasteiger partial charge is 0.340 e. The third kappa shape index (κ3) is 4.44. The van der Waals surface area contributed by atoms with Crippen molar-refractivity contribution in [2.75, 3.05) is 0 Å². The predicted molar refractivity (Wildman–Crippen MR) is 45.3 cm³/mol. The number of hydrogen-bond donors (Lipinski definition) is 0. The topological polar surface area (TPSA) is 43.4 Å². The second-order valence-corrected chi connectivity index (χ2v) is 2.37. The van der Waals surface area contributed by atoms with Crippen molar-refractivity contribution in [3.05, 3.63) is 24.8 Å². The molecule has 66 valence electrons. The molecule has 0 saturated carbocycles. The fourth-order valence-electron chi connectivity index (χ4n) is 0.461. The van der Waals surface area contributed by atoms with Gasteiger partial charge < -0.3 is 4.74 Å². The molecule has 3 nitrogen and oxygen atoms in total. The summed E-state index contributed by atoms with van der Waals surface area (Å²) in [4.78, 5) is 21.5. The minimum Gasteiger partial charge on any atom is -0.390 e. The molecular weight excluding hydrogens is 156 g/mol. The Morgan fingerprint density at radius 3 is 2.50 bits per heavy atom. The fourth-order valence-corrected chi connectivity index (χ4v) is 0.461. The van der Waals surface area contributed by atoms with Crippen molar-refractivity contribution in [1.29, 1.82) is 0 Å². The van der Waals surface area contributed by atoms with Gasteiger partial charge in [-0.25, -0.2) is 4.79 Å². The number of esters is 2. The lowest BCUT2D eigenvalue weighted by atomic mass is 10.3. The van der Waals surface area contributed by atoms with Crippen LogP contribution in [0.1, 0.15) is 19.8 Å². The lowest BCUT2D eigenvalue weighted by molar-refractivity contribution is -0.156. The van der Waals surface area contributed by atoms with Gasteiger partial charge in [0.1, 0.15) is 0 Å². The van der Waals surface area contributed by atoms with Gasteiger partial charge in [-0.3, -0.25) is 4.79 Å². The largest absolute Gasteiger partial charge is 0.390 e. The quantitative estimate of drug-likeness (QED) is 0.277. The van der Waals surface area contributed by atoms with Gasteiger partial charge in [-0.2, -0.15) is 0 Å². The van der Waals surface area contributed by atoms with Crippen LogP contribution >= 0.6 is 0 Å². The minimum atomic E-state index is -0.663. The molecule has 0 bridgehead atoms. The van der Waals surface area contributed by atoms with Gasteiger partial charge in [0.25, 0.3) is 0 Å². The first kappa shape index (κ1) is 10.6. The van der Waals surface area contributed by atoms with Crippen LogP contribution in [0.5, 0.6) is 0 Å². The van der Waals surface area contributed by atoms with Crippen molar-refractivity contribution < 1.29 is 14.3 Å². The van der Waals surface area contributed by atoms with Crippen LogP contribution in [0.2, 0.25) is 0 Å². The van der Waals surface area contributed by atoms with Crippen LogP contribution in [0.25, 0.3) is 0 Å². The maximum absolute atomic E-state index is 10.8. The second kappa shape index (κ2) is 5.29. The Bertz CT molecular complexity index is 216. The Labute approximate surface area is 71.7 Å². The first-order chi connectivity index (χ1) is 5.57. The van der Waals surface area contributed by atoms with Gasteiger partial charge in [-0.05, 0) is 13.3 Å². The third-order valence-electron chi connectivity index (χ3n) is 1.11. The number of allylic oxidation sites excluding steroid dienone is 1. The van der Waals surface area contributed by atoms with Gasteiger partial charge >= 0.3 is 11.9 Å². The zero-order valence-corrected chi connectivity index (χ0v) is 7.13. The zero-order valence-electron chi connectivity index (χ0n) is 7.13. The Hall–Kier alpha value is -1.38. The van der Waals surface area contributed by atoms with Crippen molar-refractivity contribution in [1.82, 2.24) is 0 Å². The Morgan fingerprint density at radius 2 is 2.08 bits per heavy atom. The molecule has 0 atom stereocenters. The van der Waals surface area contributed by atoms with Crippen LogP contribution in [0, 0.1) is 0 Å². The van der Waals surface area contributed by atoms with E-state index in [0.717, 1.165) is 0 Å². The second-order valence-electron chi connectivity index (χ2n) is 2.37. The molecule has 0 aromatic rings. The molecule has 0 heterocycles. The summed E-state index contributed by atoms with van der Waals surface area (Å²) in [6.45, 7) is 8.27. The molecule has 0 aliphatic heterocycles. The van der Waals surface area contributed by atoms with E-state index in [1.165, 1.54) is 6.92 Å². The van der Waals surface area contributed by atoms with Gasteiger partial charge in [0.05, 0.1) is 0 Å². The van der Waals surface area contributed by atoms with Crippen LogP contribution in [-0.2, 0) is 14.3 Å². The van der Waals surface area contributed by atoms with Crippen LogP contribution in [0.3, 0.4) is 0 Å². The van der Waals surface area contributed by atoms with Crippen molar-refractivity contribution in [2.24, 2.45) is 0 Å². The highest BCUT2D eigenvalue weighted by atomic mass is 16.6. The number of hydrogen-bond acceptors (Lipinski definition) is 3. The third-order valence-corrected chi connectivity index (χ3v) is 1.11. The van der Waals surface area contributed by atoms with E-state index < -0.39 is 11.9 Å². The highest BCUT2D eigenvalue weighted by Gasteiger charge is 2.09. The number of carbonyl (C=O) groups excluding carboxylic acids is 2. The normalized spacial score (nSPS) is 8.75. The number of carbonyl (C=O) groups is 2. The van der Waals surface area contributed by atoms with E-state index in [2.05, 4.69) is 17.9 Å². The van der Waals surface area contributed by atoms with E-state index in [1.54, 1.807) is 6.08 Å². The number of ether oxygens (including phenoxy) is 1. The van der Waals surface area contributed by atoms with E-state index >= 15 is 0 Å². The summed E-state index contributed by atoms with van der Waals surface area (Å²) < 4.78 is 4.39. The molecule has 0 radical (unpaired) electrons. The summed E-state index contributed by atoms with van der Waals surface area (Å²) in [7, 11) is 0. The Morgan fingerprint density at radius 1 is 1.50 bits per heavy atom. The lowest BCUT2D eigenvalue weighted by Gasteiger charge is -1.99. The zero-order chi connectivity index (χ0) is 9.56. The summed E-state index contributed by atoms with van der Waals surface area (Å²) in [6.07, 6.45) is 2.29. The molecule has 0 amide bonds. The first-order valence-electron chi connectivity index (χ1n) is 3.59. The van der Waals surface area contributed by atoms with Crippen molar-refractivity contribution in [3.8, 4) is 0 Å². The molecule has 0 rings (SSSR count). The molecule has 0 aliphatic carbocycles. The summed E-state index contributed by atoms with van der Waals surface area (Å²) in [5.74, 6) is -1.20. The first-order valence-corrected chi connectivity index (χ1v) is 3.59. The molecule has 0 fully saturated rings. The number of rotatable bonds is 4. The Kier molecular flexibility index (Phi) is 4.69. The van der Waals surface area contributed by atoms with E-state index in [1.807, 2.05) is 0 Å². The van der Waals surface area contributed by atoms with Gasteiger partial charge in [-0.15, -0.1) is 6.58 Å². The van der Waals surface area contributed by atoms with Gasteiger partial charge in [0.15, 0.2) is 0 Å². The predicted octanol–water partition coefficient (Wildman–Crippen LogP) is 1.60. The molecule has 0 spiro atoms. The molecule has 0 aliphatic rings. The highest BCUT2D eigenvalue weighted by molar-refractivity contribution is 5.95. The molecule has 0 aromatic carbocycles. The summed E-state index contributed by atoms with van der Waals surface area (Å²) in [6, 6.07) is 0. The van der Waals surface area contributed by atoms with E-state index in [-0.39, 0.29) is 12.0 Å². The molecule has 0 aromatic heterocycles. The SMILES string of the molecule is C=CCCC(=O)OC(=O)C(=C)C. The summed E-state index contributed by atoms with van der Waals surface area (Å²) in [5, 5.41) is 0. The Balaban J connectivity index is 3.76. The van der Waals surface area contributed by atoms with Crippen LogP contribution in [0.4, 0.5) is 0 Å². The van der Waals surface area contributed by atoms with Crippen molar-refractivity contribution in [3.63, 3.8) is 0 Å². The van der Waals surface area contributed by atoms with Crippen LogP contribution in [0.15, 0.2) is 24.8 Å². The average molecular weight is 168 g/mol.